The monoisotopic (exact) mass is 257 g/mol. The van der Waals surface area contributed by atoms with Gasteiger partial charge in [-0.05, 0) is 31.0 Å². The average molecular weight is 257 g/mol. The van der Waals surface area contributed by atoms with Crippen molar-refractivity contribution in [1.29, 1.82) is 0 Å². The molecule has 1 aliphatic heterocycles. The molecule has 0 spiro atoms. The van der Waals surface area contributed by atoms with E-state index in [1.54, 1.807) is 6.26 Å². The fourth-order valence-electron chi connectivity index (χ4n) is 2.57. The number of anilines is 1. The molecule has 100 valence electrons. The summed E-state index contributed by atoms with van der Waals surface area (Å²) in [6.07, 6.45) is 4.01. The lowest BCUT2D eigenvalue weighted by Gasteiger charge is -2.18. The Kier molecular flexibility index (Phi) is 3.51. The fraction of sp³-hybridized carbons (Fsp3) is 0.400. The number of nitrogens with one attached hydrogen (secondary N) is 1. The van der Waals surface area contributed by atoms with Crippen LogP contribution in [0.15, 0.2) is 34.9 Å². The Labute approximate surface area is 113 Å². The second-order valence-electron chi connectivity index (χ2n) is 4.95. The Balaban J connectivity index is 1.81. The molecule has 0 saturated heterocycles. The van der Waals surface area contributed by atoms with E-state index in [-0.39, 0.29) is 0 Å². The largest absolute Gasteiger partial charge is 0.432 e. The molecule has 1 aromatic carbocycles. The summed E-state index contributed by atoms with van der Waals surface area (Å²) in [5.74, 6) is 0. The predicted octanol–water partition coefficient (Wildman–Crippen LogP) is 2.35. The molecule has 0 atom stereocenters. The molecule has 1 N–H and O–H groups in total. The molecule has 4 heteroatoms. The number of rotatable bonds is 3. The minimum Gasteiger partial charge on any atom is -0.432 e. The van der Waals surface area contributed by atoms with Gasteiger partial charge >= 0.3 is 0 Å². The van der Waals surface area contributed by atoms with Crippen LogP contribution in [0.2, 0.25) is 0 Å². The van der Waals surface area contributed by atoms with E-state index in [0.29, 0.717) is 0 Å². The number of oxazole rings is 1. The maximum absolute atomic E-state index is 5.60. The third-order valence-electron chi connectivity index (χ3n) is 3.52. The lowest BCUT2D eigenvalue weighted by molar-refractivity contribution is 0.529. The summed E-state index contributed by atoms with van der Waals surface area (Å²) in [6, 6.07) is 9.38. The zero-order chi connectivity index (χ0) is 13.1. The molecule has 0 unspecified atom stereocenters. The van der Waals surface area contributed by atoms with Gasteiger partial charge in [-0.1, -0.05) is 24.3 Å². The third-order valence-corrected chi connectivity index (χ3v) is 3.52. The van der Waals surface area contributed by atoms with Crippen LogP contribution in [0.25, 0.3) is 0 Å². The molecule has 3 rings (SSSR count). The molecule has 1 aromatic heterocycles. The van der Waals surface area contributed by atoms with Gasteiger partial charge < -0.3 is 14.6 Å². The zero-order valence-corrected chi connectivity index (χ0v) is 11.2. The van der Waals surface area contributed by atoms with Crippen molar-refractivity contribution in [2.45, 2.75) is 25.9 Å². The number of hydrogen-bond donors (Lipinski definition) is 1. The standard InChI is InChI=1S/C15H19N3O/c1-16-9-14-11-19-15(17-14)18-8-4-7-12-5-2-3-6-13(12)10-18/h2-3,5-6,11,16H,4,7-10H2,1H3. The molecule has 0 radical (unpaired) electrons. The molecule has 0 fully saturated rings. The van der Waals surface area contributed by atoms with Gasteiger partial charge in [0.25, 0.3) is 6.01 Å². The lowest BCUT2D eigenvalue weighted by Crippen LogP contribution is -2.22. The van der Waals surface area contributed by atoms with Crippen molar-refractivity contribution in [3.05, 3.63) is 47.3 Å². The highest BCUT2D eigenvalue weighted by atomic mass is 16.4. The molecule has 0 aliphatic carbocycles. The Morgan fingerprint density at radius 3 is 3.00 bits per heavy atom. The molecule has 0 saturated carbocycles. The van der Waals surface area contributed by atoms with E-state index in [2.05, 4.69) is 39.5 Å². The minimum atomic E-state index is 0.738. The van der Waals surface area contributed by atoms with E-state index < -0.39 is 0 Å². The Morgan fingerprint density at radius 1 is 1.32 bits per heavy atom. The van der Waals surface area contributed by atoms with Gasteiger partial charge in [0, 0.05) is 19.6 Å². The Bertz CT molecular complexity index is 550. The van der Waals surface area contributed by atoms with Crippen molar-refractivity contribution < 1.29 is 4.42 Å². The highest BCUT2D eigenvalue weighted by molar-refractivity contribution is 5.36. The quantitative estimate of drug-likeness (QED) is 0.916. The Morgan fingerprint density at radius 2 is 2.16 bits per heavy atom. The third kappa shape index (κ3) is 2.63. The maximum atomic E-state index is 5.60. The number of nitrogens with zero attached hydrogens (tertiary/aromatic N) is 2. The van der Waals surface area contributed by atoms with Crippen LogP contribution in [0.3, 0.4) is 0 Å². The van der Waals surface area contributed by atoms with Crippen LogP contribution in [0.5, 0.6) is 0 Å². The molecular formula is C15H19N3O. The van der Waals surface area contributed by atoms with Gasteiger partial charge in [0.15, 0.2) is 0 Å². The number of aromatic nitrogens is 1. The van der Waals surface area contributed by atoms with Crippen LogP contribution < -0.4 is 10.2 Å². The van der Waals surface area contributed by atoms with Gasteiger partial charge in [-0.15, -0.1) is 0 Å². The van der Waals surface area contributed by atoms with Gasteiger partial charge in [0.05, 0.1) is 5.69 Å². The first-order valence-corrected chi connectivity index (χ1v) is 6.77. The van der Waals surface area contributed by atoms with Gasteiger partial charge in [-0.25, -0.2) is 0 Å². The number of fused-ring (bicyclic) bond motifs is 1. The van der Waals surface area contributed by atoms with Gasteiger partial charge in [0.2, 0.25) is 0 Å². The molecular weight excluding hydrogens is 238 g/mol. The zero-order valence-electron chi connectivity index (χ0n) is 11.2. The summed E-state index contributed by atoms with van der Waals surface area (Å²) in [5, 5.41) is 3.09. The second kappa shape index (κ2) is 5.45. The van der Waals surface area contributed by atoms with Crippen LogP contribution >= 0.6 is 0 Å². The Hall–Kier alpha value is -1.81. The summed E-state index contributed by atoms with van der Waals surface area (Å²) in [6.45, 7) is 2.62. The summed E-state index contributed by atoms with van der Waals surface area (Å²) in [7, 11) is 1.91. The van der Waals surface area contributed by atoms with E-state index in [1.165, 1.54) is 11.1 Å². The molecule has 1 aliphatic rings. The van der Waals surface area contributed by atoms with E-state index >= 15 is 0 Å². The summed E-state index contributed by atoms with van der Waals surface area (Å²) >= 11 is 0. The molecule has 0 amide bonds. The summed E-state index contributed by atoms with van der Waals surface area (Å²) in [4.78, 5) is 6.76. The summed E-state index contributed by atoms with van der Waals surface area (Å²) < 4.78 is 5.60. The minimum absolute atomic E-state index is 0.738. The molecule has 2 aromatic rings. The molecule has 0 bridgehead atoms. The van der Waals surface area contributed by atoms with Crippen LogP contribution in [0.1, 0.15) is 23.2 Å². The van der Waals surface area contributed by atoms with Crippen molar-refractivity contribution in [2.24, 2.45) is 0 Å². The van der Waals surface area contributed by atoms with E-state index in [4.69, 9.17) is 4.42 Å². The maximum Gasteiger partial charge on any atom is 0.297 e. The highest BCUT2D eigenvalue weighted by Crippen LogP contribution is 2.23. The molecule has 2 heterocycles. The number of hydrogen-bond acceptors (Lipinski definition) is 4. The van der Waals surface area contributed by atoms with Crippen molar-refractivity contribution >= 4 is 6.01 Å². The van der Waals surface area contributed by atoms with Crippen molar-refractivity contribution in [1.82, 2.24) is 10.3 Å². The first-order chi connectivity index (χ1) is 9.36. The predicted molar refractivity (Wildman–Crippen MR) is 75.1 cm³/mol. The highest BCUT2D eigenvalue weighted by Gasteiger charge is 2.18. The van der Waals surface area contributed by atoms with Gasteiger partial charge in [-0.2, -0.15) is 4.98 Å². The average Bonchev–Trinajstić information content (AvgIpc) is 2.78. The van der Waals surface area contributed by atoms with E-state index in [0.717, 1.165) is 44.2 Å². The van der Waals surface area contributed by atoms with Crippen molar-refractivity contribution in [3.8, 4) is 0 Å². The fourth-order valence-corrected chi connectivity index (χ4v) is 2.57. The normalized spacial score (nSPS) is 15.1. The lowest BCUT2D eigenvalue weighted by atomic mass is 10.0. The van der Waals surface area contributed by atoms with Crippen LogP contribution in [-0.2, 0) is 19.5 Å². The smallest absolute Gasteiger partial charge is 0.297 e. The van der Waals surface area contributed by atoms with Crippen LogP contribution in [-0.4, -0.2) is 18.6 Å². The van der Waals surface area contributed by atoms with Crippen LogP contribution in [0, 0.1) is 0 Å². The van der Waals surface area contributed by atoms with E-state index in [1.807, 2.05) is 7.05 Å². The first kappa shape index (κ1) is 12.2. The molecule has 19 heavy (non-hydrogen) atoms. The van der Waals surface area contributed by atoms with Gasteiger partial charge in [-0.3, -0.25) is 0 Å². The van der Waals surface area contributed by atoms with Crippen LogP contribution in [0.4, 0.5) is 6.01 Å². The number of benzene rings is 1. The topological polar surface area (TPSA) is 41.3 Å². The molecule has 4 nitrogen and oxygen atoms in total. The second-order valence-corrected chi connectivity index (χ2v) is 4.95. The number of aryl methyl sites for hydroxylation is 1. The van der Waals surface area contributed by atoms with Gasteiger partial charge in [0.1, 0.15) is 6.26 Å². The van der Waals surface area contributed by atoms with Crippen molar-refractivity contribution in [3.63, 3.8) is 0 Å². The first-order valence-electron chi connectivity index (χ1n) is 6.77. The SMILES string of the molecule is CNCc1coc(N2CCCc3ccccc3C2)n1. The van der Waals surface area contributed by atoms with E-state index in [9.17, 15) is 0 Å². The van der Waals surface area contributed by atoms with Crippen molar-refractivity contribution in [2.75, 3.05) is 18.5 Å². The summed E-state index contributed by atoms with van der Waals surface area (Å²) in [5.41, 5.74) is 3.79.